The van der Waals surface area contributed by atoms with E-state index < -0.39 is 6.10 Å². The molecule has 0 radical (unpaired) electrons. The molecule has 0 fully saturated rings. The number of aliphatic hydroxyl groups excluding tert-OH is 1. The quantitative estimate of drug-likeness (QED) is 0.733. The lowest BCUT2D eigenvalue weighted by Gasteiger charge is -2.15. The van der Waals surface area contributed by atoms with Gasteiger partial charge in [0.05, 0.1) is 18.2 Å². The van der Waals surface area contributed by atoms with Gasteiger partial charge in [-0.05, 0) is 25.1 Å². The Balaban J connectivity index is 3.14. The maximum absolute atomic E-state index is 9.76. The van der Waals surface area contributed by atoms with Crippen molar-refractivity contribution in [2.45, 2.75) is 12.5 Å². The normalized spacial score (nSPS) is 12.5. The molecule has 0 spiro atoms. The lowest BCUT2D eigenvalue weighted by Crippen LogP contribution is -2.07. The largest absolute Gasteiger partial charge is 0.504 e. The lowest BCUT2D eigenvalue weighted by atomic mass is 10.0. The van der Waals surface area contributed by atoms with Gasteiger partial charge in [-0.1, -0.05) is 11.6 Å². The summed E-state index contributed by atoms with van der Waals surface area (Å²) in [6.45, 7) is 0.314. The van der Waals surface area contributed by atoms with E-state index in [1.165, 1.54) is 13.2 Å². The van der Waals surface area contributed by atoms with Gasteiger partial charge in [-0.3, -0.25) is 0 Å². The Hall–Kier alpha value is -0.970. The molecule has 0 heterocycles. The number of aliphatic hydroxyl groups is 1. The molecule has 0 aliphatic rings. The van der Waals surface area contributed by atoms with E-state index in [4.69, 9.17) is 22.1 Å². The fourth-order valence-corrected chi connectivity index (χ4v) is 1.63. The summed E-state index contributed by atoms with van der Waals surface area (Å²) in [6, 6.07) is 3.10. The molecule has 0 aromatic heterocycles. The van der Waals surface area contributed by atoms with Crippen LogP contribution in [0.15, 0.2) is 12.1 Å². The zero-order valence-electron chi connectivity index (χ0n) is 8.40. The smallest absolute Gasteiger partial charge is 0.165 e. The molecule has 1 aromatic rings. The second-order valence-corrected chi connectivity index (χ2v) is 3.51. The second-order valence-electron chi connectivity index (χ2n) is 3.11. The fourth-order valence-electron chi connectivity index (χ4n) is 1.35. The number of phenols is 1. The van der Waals surface area contributed by atoms with Crippen LogP contribution in [0, 0.1) is 0 Å². The van der Waals surface area contributed by atoms with E-state index in [1.807, 2.05) is 0 Å². The topological polar surface area (TPSA) is 75.7 Å². The van der Waals surface area contributed by atoms with Crippen LogP contribution in [0.5, 0.6) is 11.5 Å². The van der Waals surface area contributed by atoms with Crippen molar-refractivity contribution < 1.29 is 14.9 Å². The van der Waals surface area contributed by atoms with Crippen LogP contribution in [0.1, 0.15) is 18.1 Å². The number of rotatable bonds is 4. The summed E-state index contributed by atoms with van der Waals surface area (Å²) in [5.41, 5.74) is 5.59. The number of aromatic hydroxyl groups is 1. The van der Waals surface area contributed by atoms with Crippen molar-refractivity contribution in [3.63, 3.8) is 0 Å². The third kappa shape index (κ3) is 2.53. The van der Waals surface area contributed by atoms with Crippen molar-refractivity contribution in [2.24, 2.45) is 5.73 Å². The summed E-state index contributed by atoms with van der Waals surface area (Å²) in [5.74, 6) is 0.149. The molecule has 84 valence electrons. The van der Waals surface area contributed by atoms with Crippen molar-refractivity contribution in [1.82, 2.24) is 0 Å². The Kier molecular flexibility index (Phi) is 4.20. The molecule has 0 bridgehead atoms. The summed E-state index contributed by atoms with van der Waals surface area (Å²) >= 11 is 5.87. The maximum Gasteiger partial charge on any atom is 0.165 e. The van der Waals surface area contributed by atoms with E-state index >= 15 is 0 Å². The Labute approximate surface area is 93.2 Å². The van der Waals surface area contributed by atoms with Crippen LogP contribution in [-0.2, 0) is 0 Å². The SMILES string of the molecule is COc1ccc(Cl)c(C(O)CCN)c1O. The van der Waals surface area contributed by atoms with Crippen LogP contribution in [-0.4, -0.2) is 23.9 Å². The first-order valence-corrected chi connectivity index (χ1v) is 4.93. The van der Waals surface area contributed by atoms with Crippen LogP contribution < -0.4 is 10.5 Å². The summed E-state index contributed by atoms with van der Waals surface area (Å²) in [6.07, 6.45) is -0.543. The molecule has 4 N–H and O–H groups in total. The van der Waals surface area contributed by atoms with Crippen LogP contribution in [0.3, 0.4) is 0 Å². The van der Waals surface area contributed by atoms with E-state index in [9.17, 15) is 10.2 Å². The third-order valence-corrected chi connectivity index (χ3v) is 2.45. The molecule has 1 atom stereocenters. The Morgan fingerprint density at radius 1 is 1.53 bits per heavy atom. The molecule has 0 amide bonds. The minimum atomic E-state index is -0.877. The molecule has 1 rings (SSSR count). The average molecular weight is 232 g/mol. The third-order valence-electron chi connectivity index (χ3n) is 2.12. The Morgan fingerprint density at radius 3 is 2.73 bits per heavy atom. The van der Waals surface area contributed by atoms with Crippen molar-refractivity contribution >= 4 is 11.6 Å². The highest BCUT2D eigenvalue weighted by Gasteiger charge is 2.18. The molecule has 1 unspecified atom stereocenters. The summed E-state index contributed by atoms with van der Waals surface area (Å²) < 4.78 is 4.92. The minimum Gasteiger partial charge on any atom is -0.504 e. The molecular formula is C10H14ClNO3. The van der Waals surface area contributed by atoms with Crippen LogP contribution in [0.25, 0.3) is 0 Å². The van der Waals surface area contributed by atoms with E-state index in [1.54, 1.807) is 6.07 Å². The van der Waals surface area contributed by atoms with Crippen LogP contribution in [0.4, 0.5) is 0 Å². The Bertz CT molecular complexity index is 344. The molecular weight excluding hydrogens is 218 g/mol. The number of halogens is 1. The number of hydrogen-bond acceptors (Lipinski definition) is 4. The Morgan fingerprint density at radius 2 is 2.20 bits per heavy atom. The van der Waals surface area contributed by atoms with Gasteiger partial charge in [-0.15, -0.1) is 0 Å². The monoisotopic (exact) mass is 231 g/mol. The minimum absolute atomic E-state index is 0.133. The number of phenolic OH excluding ortho intramolecular Hbond substituents is 1. The molecule has 0 saturated heterocycles. The van der Waals surface area contributed by atoms with Crippen molar-refractivity contribution in [1.29, 1.82) is 0 Å². The molecule has 15 heavy (non-hydrogen) atoms. The van der Waals surface area contributed by atoms with Gasteiger partial charge in [-0.2, -0.15) is 0 Å². The predicted molar refractivity (Wildman–Crippen MR) is 58.3 cm³/mol. The van der Waals surface area contributed by atoms with Gasteiger partial charge in [-0.25, -0.2) is 0 Å². The van der Waals surface area contributed by atoms with E-state index in [-0.39, 0.29) is 17.1 Å². The van der Waals surface area contributed by atoms with Crippen LogP contribution >= 0.6 is 11.6 Å². The number of methoxy groups -OCH3 is 1. The maximum atomic E-state index is 9.76. The first-order chi connectivity index (χ1) is 7.11. The van der Waals surface area contributed by atoms with E-state index in [2.05, 4.69) is 0 Å². The fraction of sp³-hybridized carbons (Fsp3) is 0.400. The molecule has 4 nitrogen and oxygen atoms in total. The van der Waals surface area contributed by atoms with Crippen molar-refractivity contribution in [3.05, 3.63) is 22.7 Å². The zero-order valence-corrected chi connectivity index (χ0v) is 9.16. The summed E-state index contributed by atoms with van der Waals surface area (Å²) in [7, 11) is 1.43. The highest BCUT2D eigenvalue weighted by molar-refractivity contribution is 6.31. The lowest BCUT2D eigenvalue weighted by molar-refractivity contribution is 0.166. The highest BCUT2D eigenvalue weighted by Crippen LogP contribution is 2.39. The van der Waals surface area contributed by atoms with Gasteiger partial charge >= 0.3 is 0 Å². The first kappa shape index (κ1) is 12.1. The molecule has 0 aliphatic carbocycles. The van der Waals surface area contributed by atoms with Gasteiger partial charge in [0, 0.05) is 5.56 Å². The standard InChI is InChI=1S/C10H14ClNO3/c1-15-8-3-2-6(11)9(10(8)14)7(13)4-5-12/h2-3,7,13-14H,4-5,12H2,1H3. The van der Waals surface area contributed by atoms with Crippen LogP contribution in [0.2, 0.25) is 5.02 Å². The highest BCUT2D eigenvalue weighted by atomic mass is 35.5. The predicted octanol–water partition coefficient (Wildman–Crippen LogP) is 1.44. The van der Waals surface area contributed by atoms with E-state index in [0.717, 1.165) is 0 Å². The van der Waals surface area contributed by atoms with Crippen molar-refractivity contribution in [2.75, 3.05) is 13.7 Å². The number of hydrogen-bond donors (Lipinski definition) is 3. The van der Waals surface area contributed by atoms with Crippen molar-refractivity contribution in [3.8, 4) is 11.5 Å². The summed E-state index contributed by atoms with van der Waals surface area (Å²) in [4.78, 5) is 0. The first-order valence-electron chi connectivity index (χ1n) is 4.55. The molecule has 1 aromatic carbocycles. The average Bonchev–Trinajstić information content (AvgIpc) is 2.18. The van der Waals surface area contributed by atoms with Gasteiger partial charge in [0.15, 0.2) is 11.5 Å². The van der Waals surface area contributed by atoms with Gasteiger partial charge < -0.3 is 20.7 Å². The molecule has 0 saturated carbocycles. The summed E-state index contributed by atoms with van der Waals surface area (Å²) in [5, 5.41) is 19.8. The second kappa shape index (κ2) is 5.21. The van der Waals surface area contributed by atoms with Gasteiger partial charge in [0.2, 0.25) is 0 Å². The zero-order chi connectivity index (χ0) is 11.4. The van der Waals surface area contributed by atoms with Gasteiger partial charge in [0.25, 0.3) is 0 Å². The molecule has 0 aliphatic heterocycles. The number of benzene rings is 1. The van der Waals surface area contributed by atoms with E-state index in [0.29, 0.717) is 18.0 Å². The van der Waals surface area contributed by atoms with Gasteiger partial charge in [0.1, 0.15) is 0 Å². The molecule has 5 heteroatoms. The number of nitrogens with two attached hydrogens (primary N) is 1. The number of ether oxygens (including phenoxy) is 1.